The highest BCUT2D eigenvalue weighted by atomic mass is 32.2. The monoisotopic (exact) mass is 274 g/mol. The van der Waals surface area contributed by atoms with Crippen LogP contribution in [0.3, 0.4) is 0 Å². The van der Waals surface area contributed by atoms with Gasteiger partial charge in [0.1, 0.15) is 11.6 Å². The number of nitrogens with zero attached hydrogens (tertiary/aromatic N) is 1. The van der Waals surface area contributed by atoms with E-state index in [1.807, 2.05) is 0 Å². The maximum Gasteiger partial charge on any atom is 0.249 e. The van der Waals surface area contributed by atoms with Crippen LogP contribution in [0.1, 0.15) is 6.92 Å². The largest absolute Gasteiger partial charge is 0.399 e. The highest BCUT2D eigenvalue weighted by Crippen LogP contribution is 2.24. The Hall–Kier alpha value is -1.65. The number of nitrogen functional groups attached to an aromatic ring is 1. The Morgan fingerprint density at radius 3 is 2.28 bits per heavy atom. The van der Waals surface area contributed by atoms with Gasteiger partial charge < -0.3 is 5.73 Å². The van der Waals surface area contributed by atoms with Crippen LogP contribution in [0.25, 0.3) is 0 Å². The van der Waals surface area contributed by atoms with Crippen LogP contribution in [0.15, 0.2) is 17.0 Å². The van der Waals surface area contributed by atoms with Gasteiger partial charge in [0.25, 0.3) is 0 Å². The fraction of sp³-hybridized carbons (Fsp3) is 0.273. The quantitative estimate of drug-likeness (QED) is 0.662. The molecule has 7 heteroatoms. The third kappa shape index (κ3) is 2.60. The number of hydrogen-bond acceptors (Lipinski definition) is 3. The summed E-state index contributed by atoms with van der Waals surface area (Å²) >= 11 is 0. The summed E-state index contributed by atoms with van der Waals surface area (Å²) in [4.78, 5) is -1.03. The van der Waals surface area contributed by atoms with E-state index in [9.17, 15) is 17.2 Å². The van der Waals surface area contributed by atoms with Crippen LogP contribution in [0.2, 0.25) is 0 Å². The van der Waals surface area contributed by atoms with Crippen molar-refractivity contribution < 1.29 is 17.2 Å². The fourth-order valence-corrected chi connectivity index (χ4v) is 2.88. The third-order valence-electron chi connectivity index (χ3n) is 2.24. The van der Waals surface area contributed by atoms with Gasteiger partial charge in [-0.05, 0) is 12.1 Å². The summed E-state index contributed by atoms with van der Waals surface area (Å²) in [6, 6.07) is 1.50. The van der Waals surface area contributed by atoms with Crippen molar-refractivity contribution in [2.45, 2.75) is 11.8 Å². The Kier molecular flexibility index (Phi) is 4.27. The molecule has 0 heterocycles. The molecule has 0 bridgehead atoms. The zero-order valence-corrected chi connectivity index (χ0v) is 10.5. The first-order chi connectivity index (χ1) is 8.34. The summed E-state index contributed by atoms with van der Waals surface area (Å²) < 4.78 is 52.0. The molecular weight excluding hydrogens is 262 g/mol. The van der Waals surface area contributed by atoms with Crippen molar-refractivity contribution >= 4 is 15.7 Å². The molecule has 0 aliphatic rings. The topological polar surface area (TPSA) is 63.4 Å². The Morgan fingerprint density at radius 2 is 1.89 bits per heavy atom. The van der Waals surface area contributed by atoms with Crippen molar-refractivity contribution in [1.29, 1.82) is 0 Å². The normalized spacial score (nSPS) is 11.5. The van der Waals surface area contributed by atoms with Crippen LogP contribution in [0, 0.1) is 24.0 Å². The molecule has 98 valence electrons. The molecule has 0 aromatic heterocycles. The summed E-state index contributed by atoms with van der Waals surface area (Å²) in [6.07, 6.45) is 5.02. The van der Waals surface area contributed by atoms with Crippen molar-refractivity contribution in [3.63, 3.8) is 0 Å². The van der Waals surface area contributed by atoms with E-state index in [0.29, 0.717) is 0 Å². The highest BCUT2D eigenvalue weighted by Gasteiger charge is 2.29. The number of rotatable bonds is 4. The van der Waals surface area contributed by atoms with Gasteiger partial charge in [-0.15, -0.1) is 6.42 Å². The first-order valence-electron chi connectivity index (χ1n) is 5.02. The Bertz CT molecular complexity index is 571. The summed E-state index contributed by atoms with van der Waals surface area (Å²) in [5, 5.41) is 0. The third-order valence-corrected chi connectivity index (χ3v) is 4.21. The molecule has 1 rings (SSSR count). The number of halogens is 2. The predicted molar refractivity (Wildman–Crippen MR) is 64.0 cm³/mol. The summed E-state index contributed by atoms with van der Waals surface area (Å²) in [7, 11) is -4.31. The van der Waals surface area contributed by atoms with Gasteiger partial charge in [-0.1, -0.05) is 12.8 Å². The van der Waals surface area contributed by atoms with Gasteiger partial charge in [0.05, 0.1) is 6.54 Å². The van der Waals surface area contributed by atoms with Gasteiger partial charge in [0.2, 0.25) is 10.0 Å². The first kappa shape index (κ1) is 14.4. The Balaban J connectivity index is 3.42. The van der Waals surface area contributed by atoms with Gasteiger partial charge in [-0.2, -0.15) is 4.31 Å². The molecule has 2 N–H and O–H groups in total. The first-order valence-corrected chi connectivity index (χ1v) is 6.46. The molecule has 18 heavy (non-hydrogen) atoms. The molecule has 0 aliphatic heterocycles. The van der Waals surface area contributed by atoms with Crippen molar-refractivity contribution in [2.24, 2.45) is 0 Å². The van der Waals surface area contributed by atoms with Crippen LogP contribution in [0.4, 0.5) is 14.5 Å². The summed E-state index contributed by atoms with van der Waals surface area (Å²) in [6.45, 7) is 1.26. The molecule has 4 nitrogen and oxygen atoms in total. The van der Waals surface area contributed by atoms with E-state index in [1.54, 1.807) is 0 Å². The fourth-order valence-electron chi connectivity index (χ4n) is 1.42. The molecule has 1 aromatic rings. The molecule has 1 aromatic carbocycles. The molecule has 0 atom stereocenters. The number of terminal acetylenes is 1. The SMILES string of the molecule is C#CCN(CC)S(=O)(=O)c1c(F)cc(N)cc1F. The molecule has 0 saturated carbocycles. The van der Waals surface area contributed by atoms with E-state index in [-0.39, 0.29) is 18.8 Å². The molecule has 0 amide bonds. The maximum atomic E-state index is 13.6. The standard InChI is InChI=1S/C11H12F2N2O2S/c1-3-5-15(4-2)18(16,17)11-9(12)6-8(14)7-10(11)13/h1,6-7H,4-5,14H2,2H3. The van der Waals surface area contributed by atoms with Crippen LogP contribution in [0.5, 0.6) is 0 Å². The van der Waals surface area contributed by atoms with Crippen LogP contribution < -0.4 is 5.73 Å². The van der Waals surface area contributed by atoms with E-state index < -0.39 is 26.6 Å². The Labute approximate surface area is 104 Å². The zero-order valence-electron chi connectivity index (χ0n) is 9.65. The lowest BCUT2D eigenvalue weighted by atomic mass is 10.3. The smallest absolute Gasteiger partial charge is 0.249 e. The van der Waals surface area contributed by atoms with Crippen LogP contribution >= 0.6 is 0 Å². The number of anilines is 1. The average Bonchev–Trinajstić information content (AvgIpc) is 2.23. The van der Waals surface area contributed by atoms with Crippen molar-refractivity contribution in [2.75, 3.05) is 18.8 Å². The van der Waals surface area contributed by atoms with Gasteiger partial charge in [-0.25, -0.2) is 17.2 Å². The van der Waals surface area contributed by atoms with E-state index in [2.05, 4.69) is 5.92 Å². The molecular formula is C11H12F2N2O2S. The van der Waals surface area contributed by atoms with Crippen molar-refractivity contribution in [3.8, 4) is 12.3 Å². The molecule has 0 fully saturated rings. The van der Waals surface area contributed by atoms with Crippen molar-refractivity contribution in [1.82, 2.24) is 4.31 Å². The minimum Gasteiger partial charge on any atom is -0.399 e. The van der Waals surface area contributed by atoms with Gasteiger partial charge in [0, 0.05) is 12.2 Å². The lowest BCUT2D eigenvalue weighted by Gasteiger charge is -2.18. The Morgan fingerprint density at radius 1 is 1.39 bits per heavy atom. The van der Waals surface area contributed by atoms with E-state index >= 15 is 0 Å². The van der Waals surface area contributed by atoms with Crippen molar-refractivity contribution in [3.05, 3.63) is 23.8 Å². The lowest BCUT2D eigenvalue weighted by molar-refractivity contribution is 0.446. The predicted octanol–water partition coefficient (Wildman–Crippen LogP) is 1.19. The van der Waals surface area contributed by atoms with E-state index in [0.717, 1.165) is 16.4 Å². The summed E-state index contributed by atoms with van der Waals surface area (Å²) in [5.41, 5.74) is 5.03. The maximum absolute atomic E-state index is 13.6. The van der Waals surface area contributed by atoms with Gasteiger partial charge in [0.15, 0.2) is 4.90 Å². The molecule has 0 spiro atoms. The number of nitrogens with two attached hydrogens (primary N) is 1. The molecule has 0 unspecified atom stereocenters. The van der Waals surface area contributed by atoms with Crippen LogP contribution in [-0.2, 0) is 10.0 Å². The second-order valence-corrected chi connectivity index (χ2v) is 5.32. The second-order valence-electron chi connectivity index (χ2n) is 3.45. The zero-order chi connectivity index (χ0) is 13.9. The number of benzene rings is 1. The van der Waals surface area contributed by atoms with Gasteiger partial charge in [-0.3, -0.25) is 0 Å². The van der Waals surface area contributed by atoms with Gasteiger partial charge >= 0.3 is 0 Å². The van der Waals surface area contributed by atoms with E-state index in [1.165, 1.54) is 6.92 Å². The summed E-state index contributed by atoms with van der Waals surface area (Å²) in [5.74, 6) is -0.345. The second kappa shape index (κ2) is 5.33. The van der Waals surface area contributed by atoms with Crippen LogP contribution in [-0.4, -0.2) is 25.8 Å². The average molecular weight is 274 g/mol. The molecule has 0 radical (unpaired) electrons. The lowest BCUT2D eigenvalue weighted by Crippen LogP contribution is -2.32. The van der Waals surface area contributed by atoms with E-state index in [4.69, 9.17) is 12.2 Å². The molecule has 0 saturated heterocycles. The molecule has 0 aliphatic carbocycles. The minimum absolute atomic E-state index is 0.00971. The number of hydrogen-bond donors (Lipinski definition) is 1. The highest BCUT2D eigenvalue weighted by molar-refractivity contribution is 7.89. The number of sulfonamides is 1. The minimum atomic E-state index is -4.31.